The molecule has 198 valence electrons. The van der Waals surface area contributed by atoms with E-state index >= 15 is 0 Å². The second kappa shape index (κ2) is 14.1. The normalized spacial score (nSPS) is 10.7. The third-order valence-corrected chi connectivity index (χ3v) is 5.10. The number of benzene rings is 3. The van der Waals surface area contributed by atoms with Crippen LogP contribution in [0.1, 0.15) is 42.1 Å². The van der Waals surface area contributed by atoms with E-state index in [0.717, 1.165) is 18.4 Å². The summed E-state index contributed by atoms with van der Waals surface area (Å²) in [5.74, 6) is -0.0856. The van der Waals surface area contributed by atoms with Gasteiger partial charge in [0.1, 0.15) is 30.5 Å². The Morgan fingerprint density at radius 1 is 0.789 bits per heavy atom. The Labute approximate surface area is 220 Å². The average Bonchev–Trinajstić information content (AvgIpc) is 2.90. The van der Waals surface area contributed by atoms with E-state index in [-0.39, 0.29) is 24.7 Å². The van der Waals surface area contributed by atoms with E-state index in [1.54, 1.807) is 60.7 Å². The van der Waals surface area contributed by atoms with Crippen LogP contribution >= 0.6 is 0 Å². The van der Waals surface area contributed by atoms with E-state index in [1.807, 2.05) is 6.92 Å². The summed E-state index contributed by atoms with van der Waals surface area (Å²) in [5.41, 5.74) is 13.2. The molecule has 4 N–H and O–H groups in total. The van der Waals surface area contributed by atoms with Crippen molar-refractivity contribution in [1.29, 1.82) is 0 Å². The van der Waals surface area contributed by atoms with Crippen LogP contribution in [0.3, 0.4) is 0 Å². The van der Waals surface area contributed by atoms with Gasteiger partial charge in [-0.1, -0.05) is 25.5 Å². The number of hydrogen-bond acceptors (Lipinski definition) is 9. The number of nitrogen functional groups attached to an aromatic ring is 2. The molecule has 9 nitrogen and oxygen atoms in total. The van der Waals surface area contributed by atoms with Gasteiger partial charge < -0.3 is 30.4 Å². The Hall–Kier alpha value is -4.79. The molecule has 3 aromatic rings. The number of carbonyl (C=O) groups excluding carboxylic acids is 3. The molecule has 0 heterocycles. The summed E-state index contributed by atoms with van der Waals surface area (Å²) in [6.07, 6.45) is 4.96. The lowest BCUT2D eigenvalue weighted by atomic mass is 10.2. The van der Waals surface area contributed by atoms with Crippen molar-refractivity contribution in [2.45, 2.75) is 26.2 Å². The first-order valence-corrected chi connectivity index (χ1v) is 12.1. The van der Waals surface area contributed by atoms with Crippen LogP contribution in [0.2, 0.25) is 0 Å². The van der Waals surface area contributed by atoms with Gasteiger partial charge in [0.25, 0.3) is 0 Å². The van der Waals surface area contributed by atoms with Crippen molar-refractivity contribution < 1.29 is 33.3 Å². The maximum absolute atomic E-state index is 12.1. The highest BCUT2D eigenvalue weighted by molar-refractivity contribution is 5.91. The van der Waals surface area contributed by atoms with Crippen LogP contribution in [-0.4, -0.2) is 31.1 Å². The van der Waals surface area contributed by atoms with Gasteiger partial charge in [0.15, 0.2) is 0 Å². The fourth-order valence-electron chi connectivity index (χ4n) is 3.24. The van der Waals surface area contributed by atoms with Gasteiger partial charge in [-0.05, 0) is 72.7 Å². The fourth-order valence-corrected chi connectivity index (χ4v) is 3.24. The predicted octanol–water partition coefficient (Wildman–Crippen LogP) is 4.80. The number of anilines is 2. The van der Waals surface area contributed by atoms with Crippen molar-refractivity contribution in [1.82, 2.24) is 0 Å². The van der Waals surface area contributed by atoms with E-state index in [0.29, 0.717) is 35.0 Å². The standard InChI is InChI=1S/C29H30N2O7/c1-2-3-4-27(32)37-25-10-12-26(13-11-25)38-28(33)14-7-20-5-8-24(9-6-20)35-15-16-36-29(34)21-17-22(30)19-23(31)18-21/h5-14,17-19H,2-4,15-16,30-31H2,1H3/b14-7+. The van der Waals surface area contributed by atoms with Gasteiger partial charge >= 0.3 is 17.9 Å². The van der Waals surface area contributed by atoms with E-state index < -0.39 is 11.9 Å². The van der Waals surface area contributed by atoms with Gasteiger partial charge in [0, 0.05) is 23.9 Å². The van der Waals surface area contributed by atoms with Crippen molar-refractivity contribution in [3.63, 3.8) is 0 Å². The van der Waals surface area contributed by atoms with Crippen molar-refractivity contribution in [2.24, 2.45) is 0 Å². The first kappa shape index (κ1) is 27.8. The smallest absolute Gasteiger partial charge is 0.338 e. The Morgan fingerprint density at radius 3 is 2.03 bits per heavy atom. The first-order chi connectivity index (χ1) is 18.3. The van der Waals surface area contributed by atoms with Crippen molar-refractivity contribution in [3.05, 3.63) is 83.9 Å². The third kappa shape index (κ3) is 9.34. The number of rotatable bonds is 12. The first-order valence-electron chi connectivity index (χ1n) is 12.1. The molecule has 0 aliphatic heterocycles. The molecule has 0 aliphatic rings. The van der Waals surface area contributed by atoms with Crippen LogP contribution in [0, 0.1) is 0 Å². The van der Waals surface area contributed by atoms with Gasteiger partial charge in [-0.25, -0.2) is 9.59 Å². The van der Waals surface area contributed by atoms with Crippen LogP contribution < -0.4 is 25.7 Å². The zero-order chi connectivity index (χ0) is 27.3. The molecular formula is C29H30N2O7. The fraction of sp³-hybridized carbons (Fsp3) is 0.207. The van der Waals surface area contributed by atoms with Crippen molar-refractivity contribution in [3.8, 4) is 17.2 Å². The largest absolute Gasteiger partial charge is 0.490 e. The quantitative estimate of drug-likeness (QED) is 0.114. The number of esters is 3. The molecule has 3 rings (SSSR count). The minimum absolute atomic E-state index is 0.0449. The molecule has 0 amide bonds. The topological polar surface area (TPSA) is 140 Å². The predicted molar refractivity (Wildman–Crippen MR) is 144 cm³/mol. The molecule has 0 aromatic heterocycles. The maximum atomic E-state index is 12.1. The molecular weight excluding hydrogens is 488 g/mol. The van der Waals surface area contributed by atoms with E-state index in [9.17, 15) is 14.4 Å². The summed E-state index contributed by atoms with van der Waals surface area (Å²) in [7, 11) is 0. The molecule has 38 heavy (non-hydrogen) atoms. The highest BCUT2D eigenvalue weighted by Gasteiger charge is 2.09. The highest BCUT2D eigenvalue weighted by atomic mass is 16.6. The lowest BCUT2D eigenvalue weighted by molar-refractivity contribution is -0.134. The van der Waals surface area contributed by atoms with Crippen LogP contribution in [0.15, 0.2) is 72.8 Å². The lowest BCUT2D eigenvalue weighted by Crippen LogP contribution is -2.13. The van der Waals surface area contributed by atoms with Crippen molar-refractivity contribution >= 4 is 35.4 Å². The van der Waals surface area contributed by atoms with Crippen LogP contribution in [0.5, 0.6) is 17.2 Å². The molecule has 0 aliphatic carbocycles. The second-order valence-corrected chi connectivity index (χ2v) is 8.25. The Kier molecular flexibility index (Phi) is 10.3. The molecule has 0 fully saturated rings. The van der Waals surface area contributed by atoms with Gasteiger partial charge in [-0.2, -0.15) is 0 Å². The molecule has 0 atom stereocenters. The van der Waals surface area contributed by atoms with E-state index in [2.05, 4.69) is 0 Å². The molecule has 0 radical (unpaired) electrons. The third-order valence-electron chi connectivity index (χ3n) is 5.10. The van der Waals surface area contributed by atoms with Gasteiger partial charge in [-0.3, -0.25) is 4.79 Å². The number of unbranched alkanes of at least 4 members (excludes halogenated alkanes) is 1. The van der Waals surface area contributed by atoms with Gasteiger partial charge in [0.05, 0.1) is 5.56 Å². The SMILES string of the molecule is CCCCC(=O)Oc1ccc(OC(=O)/C=C/c2ccc(OCCOC(=O)c3cc(N)cc(N)c3)cc2)cc1. The molecule has 0 unspecified atom stereocenters. The average molecular weight is 519 g/mol. The molecule has 0 saturated heterocycles. The minimum atomic E-state index is -0.554. The van der Waals surface area contributed by atoms with E-state index in [4.69, 9.17) is 30.4 Å². The summed E-state index contributed by atoms with van der Waals surface area (Å²) in [5, 5.41) is 0. The summed E-state index contributed by atoms with van der Waals surface area (Å²) >= 11 is 0. The summed E-state index contributed by atoms with van der Waals surface area (Å²) in [6.45, 7) is 2.20. The zero-order valence-corrected chi connectivity index (χ0v) is 21.1. The van der Waals surface area contributed by atoms with Crippen LogP contribution in [0.25, 0.3) is 6.08 Å². The van der Waals surface area contributed by atoms with Gasteiger partial charge in [0.2, 0.25) is 0 Å². The van der Waals surface area contributed by atoms with Gasteiger partial charge in [-0.15, -0.1) is 0 Å². The Balaban J connectivity index is 1.39. The summed E-state index contributed by atoms with van der Waals surface area (Å²) in [4.78, 5) is 35.9. The monoisotopic (exact) mass is 518 g/mol. The Bertz CT molecular complexity index is 1250. The zero-order valence-electron chi connectivity index (χ0n) is 21.1. The minimum Gasteiger partial charge on any atom is -0.490 e. The molecule has 0 spiro atoms. The summed E-state index contributed by atoms with van der Waals surface area (Å²) < 4.78 is 21.2. The molecule has 9 heteroatoms. The van der Waals surface area contributed by atoms with Crippen molar-refractivity contribution in [2.75, 3.05) is 24.7 Å². The Morgan fingerprint density at radius 2 is 1.39 bits per heavy atom. The van der Waals surface area contributed by atoms with E-state index in [1.165, 1.54) is 18.2 Å². The number of hydrogen-bond donors (Lipinski definition) is 2. The number of carbonyl (C=O) groups is 3. The number of nitrogens with two attached hydrogens (primary N) is 2. The lowest BCUT2D eigenvalue weighted by Gasteiger charge is -2.08. The second-order valence-electron chi connectivity index (χ2n) is 8.25. The molecule has 0 bridgehead atoms. The molecule has 0 saturated carbocycles. The molecule has 3 aromatic carbocycles. The summed E-state index contributed by atoms with van der Waals surface area (Å²) in [6, 6.07) is 17.8. The van der Waals surface area contributed by atoms with Crippen LogP contribution in [-0.2, 0) is 14.3 Å². The maximum Gasteiger partial charge on any atom is 0.338 e. The number of ether oxygens (including phenoxy) is 4. The van der Waals surface area contributed by atoms with Crippen LogP contribution in [0.4, 0.5) is 11.4 Å². The highest BCUT2D eigenvalue weighted by Crippen LogP contribution is 2.19.